The highest BCUT2D eigenvalue weighted by atomic mass is 32.2. The van der Waals surface area contributed by atoms with Gasteiger partial charge in [-0.1, -0.05) is 25.1 Å². The van der Waals surface area contributed by atoms with Gasteiger partial charge < -0.3 is 10.6 Å². The van der Waals surface area contributed by atoms with Crippen molar-refractivity contribution in [3.05, 3.63) is 64.7 Å². The molecular formula is C18H20N2O3S. The molecule has 0 fully saturated rings. The Morgan fingerprint density at radius 2 is 1.79 bits per heavy atom. The van der Waals surface area contributed by atoms with E-state index >= 15 is 0 Å². The number of hydrogen-bond donors (Lipinski definition) is 2. The van der Waals surface area contributed by atoms with Gasteiger partial charge in [0.05, 0.1) is 10.6 Å². The molecule has 0 saturated heterocycles. The van der Waals surface area contributed by atoms with Crippen molar-refractivity contribution >= 4 is 15.7 Å². The number of carbonyl (C=O) groups excluding carboxylic acids is 1. The summed E-state index contributed by atoms with van der Waals surface area (Å²) in [5.41, 5.74) is 4.08. The second-order valence-electron chi connectivity index (χ2n) is 5.82. The quantitative estimate of drug-likeness (QED) is 0.870. The van der Waals surface area contributed by atoms with Crippen molar-refractivity contribution in [2.24, 2.45) is 0 Å². The second-order valence-corrected chi connectivity index (χ2v) is 8.10. The molecule has 2 N–H and O–H groups in total. The molecule has 6 heteroatoms. The van der Waals surface area contributed by atoms with E-state index in [1.165, 1.54) is 23.3 Å². The molecule has 1 amide bonds. The third-order valence-corrected chi connectivity index (χ3v) is 5.96. The van der Waals surface area contributed by atoms with E-state index in [9.17, 15) is 13.2 Å². The second kappa shape index (κ2) is 6.75. The zero-order chi connectivity index (χ0) is 17.2. The highest BCUT2D eigenvalue weighted by molar-refractivity contribution is 7.91. The lowest BCUT2D eigenvalue weighted by molar-refractivity contribution is 0.0951. The maximum atomic E-state index is 12.2. The number of benzene rings is 2. The lowest BCUT2D eigenvalue weighted by atomic mass is 10.1. The van der Waals surface area contributed by atoms with Gasteiger partial charge in [0.15, 0.2) is 9.84 Å². The number of amides is 1. The first kappa shape index (κ1) is 16.7. The molecule has 5 nitrogen and oxygen atoms in total. The van der Waals surface area contributed by atoms with E-state index in [1.54, 1.807) is 19.1 Å². The lowest BCUT2D eigenvalue weighted by Crippen LogP contribution is -2.22. The fraction of sp³-hybridized carbons (Fsp3) is 0.278. The zero-order valence-corrected chi connectivity index (χ0v) is 14.3. The van der Waals surface area contributed by atoms with E-state index in [1.807, 2.05) is 6.07 Å². The summed E-state index contributed by atoms with van der Waals surface area (Å²) in [6.07, 6.45) is 0. The predicted molar refractivity (Wildman–Crippen MR) is 92.3 cm³/mol. The molecule has 2 aromatic carbocycles. The van der Waals surface area contributed by atoms with Crippen LogP contribution in [0.2, 0.25) is 0 Å². The predicted octanol–water partition coefficient (Wildman–Crippen LogP) is 2.01. The Labute approximate surface area is 142 Å². The van der Waals surface area contributed by atoms with Gasteiger partial charge in [0, 0.05) is 25.2 Å². The van der Waals surface area contributed by atoms with E-state index < -0.39 is 9.84 Å². The number of rotatable bonds is 5. The Kier molecular flexibility index (Phi) is 4.69. The maximum absolute atomic E-state index is 12.2. The molecule has 3 rings (SSSR count). The van der Waals surface area contributed by atoms with Crippen LogP contribution in [0.5, 0.6) is 0 Å². The fourth-order valence-electron chi connectivity index (χ4n) is 2.72. The Bertz CT molecular complexity index is 858. The van der Waals surface area contributed by atoms with Crippen molar-refractivity contribution in [3.63, 3.8) is 0 Å². The fourth-order valence-corrected chi connectivity index (χ4v) is 3.61. The van der Waals surface area contributed by atoms with Gasteiger partial charge >= 0.3 is 0 Å². The molecule has 0 saturated carbocycles. The molecule has 1 aliphatic heterocycles. The van der Waals surface area contributed by atoms with Crippen molar-refractivity contribution in [3.8, 4) is 0 Å². The first-order valence-corrected chi connectivity index (χ1v) is 9.57. The van der Waals surface area contributed by atoms with Gasteiger partial charge in [0.1, 0.15) is 0 Å². The minimum absolute atomic E-state index is 0.0474. The van der Waals surface area contributed by atoms with Gasteiger partial charge in [-0.15, -0.1) is 0 Å². The largest absolute Gasteiger partial charge is 0.348 e. The van der Waals surface area contributed by atoms with Gasteiger partial charge in [-0.25, -0.2) is 8.42 Å². The molecule has 0 spiro atoms. The summed E-state index contributed by atoms with van der Waals surface area (Å²) >= 11 is 0. The summed E-state index contributed by atoms with van der Waals surface area (Å²) in [5, 5.41) is 6.16. The summed E-state index contributed by atoms with van der Waals surface area (Å²) in [6.45, 7) is 3.81. The highest BCUT2D eigenvalue weighted by Crippen LogP contribution is 2.17. The summed E-state index contributed by atoms with van der Waals surface area (Å²) in [4.78, 5) is 12.5. The number of nitrogens with one attached hydrogen (secondary N) is 2. The molecule has 0 unspecified atom stereocenters. The van der Waals surface area contributed by atoms with E-state index in [0.29, 0.717) is 12.1 Å². The maximum Gasteiger partial charge on any atom is 0.251 e. The van der Waals surface area contributed by atoms with Gasteiger partial charge in [0.25, 0.3) is 5.91 Å². The molecule has 2 aromatic rings. The summed E-state index contributed by atoms with van der Waals surface area (Å²) in [7, 11) is -3.24. The van der Waals surface area contributed by atoms with Crippen LogP contribution in [0.1, 0.15) is 34.0 Å². The molecule has 0 atom stereocenters. The van der Waals surface area contributed by atoms with Crippen molar-refractivity contribution in [1.29, 1.82) is 0 Å². The summed E-state index contributed by atoms with van der Waals surface area (Å²) in [6, 6.07) is 12.3. The van der Waals surface area contributed by atoms with Crippen molar-refractivity contribution < 1.29 is 13.2 Å². The first-order chi connectivity index (χ1) is 11.5. The van der Waals surface area contributed by atoms with Crippen molar-refractivity contribution in [2.75, 3.05) is 5.75 Å². The molecule has 0 aromatic heterocycles. The topological polar surface area (TPSA) is 75.3 Å². The minimum Gasteiger partial charge on any atom is -0.348 e. The molecular weight excluding hydrogens is 324 g/mol. The Hall–Kier alpha value is -2.18. The molecule has 0 bridgehead atoms. The van der Waals surface area contributed by atoms with Gasteiger partial charge in [-0.05, 0) is 41.0 Å². The SMILES string of the molecule is CCS(=O)(=O)c1ccc(C(=O)NCc2ccc3c(c2)CNC3)cc1. The number of hydrogen-bond acceptors (Lipinski definition) is 4. The van der Waals surface area contributed by atoms with Crippen LogP contribution in [0.3, 0.4) is 0 Å². The van der Waals surface area contributed by atoms with Crippen LogP contribution in [-0.4, -0.2) is 20.1 Å². The van der Waals surface area contributed by atoms with E-state index in [-0.39, 0.29) is 16.6 Å². The van der Waals surface area contributed by atoms with Crippen molar-refractivity contribution in [1.82, 2.24) is 10.6 Å². The average molecular weight is 344 g/mol. The van der Waals surface area contributed by atoms with Gasteiger partial charge in [-0.2, -0.15) is 0 Å². The third-order valence-electron chi connectivity index (χ3n) is 4.21. The van der Waals surface area contributed by atoms with Crippen LogP contribution in [0.4, 0.5) is 0 Å². The molecule has 1 aliphatic rings. The van der Waals surface area contributed by atoms with Gasteiger partial charge in [-0.3, -0.25) is 4.79 Å². The Morgan fingerprint density at radius 3 is 2.50 bits per heavy atom. The molecule has 126 valence electrons. The highest BCUT2D eigenvalue weighted by Gasteiger charge is 2.13. The molecule has 0 aliphatic carbocycles. The molecule has 0 radical (unpaired) electrons. The number of fused-ring (bicyclic) bond motifs is 1. The normalized spacial score (nSPS) is 13.5. The third kappa shape index (κ3) is 3.49. The van der Waals surface area contributed by atoms with Crippen LogP contribution in [-0.2, 0) is 29.5 Å². The van der Waals surface area contributed by atoms with E-state index in [0.717, 1.165) is 18.7 Å². The van der Waals surface area contributed by atoms with Crippen LogP contribution >= 0.6 is 0 Å². The summed E-state index contributed by atoms with van der Waals surface area (Å²) < 4.78 is 23.6. The molecule has 1 heterocycles. The van der Waals surface area contributed by atoms with Crippen LogP contribution in [0.25, 0.3) is 0 Å². The van der Waals surface area contributed by atoms with Crippen LogP contribution in [0.15, 0.2) is 47.4 Å². The summed E-state index contributed by atoms with van der Waals surface area (Å²) in [5.74, 6) is -0.166. The molecule has 24 heavy (non-hydrogen) atoms. The first-order valence-electron chi connectivity index (χ1n) is 7.92. The lowest BCUT2D eigenvalue weighted by Gasteiger charge is -2.08. The standard InChI is InChI=1S/C18H20N2O3S/c1-2-24(22,23)17-7-5-14(6-8-17)18(21)20-10-13-3-4-15-11-19-12-16(15)9-13/h3-9,19H,2,10-12H2,1H3,(H,20,21). The van der Waals surface area contributed by atoms with E-state index in [4.69, 9.17) is 0 Å². The Morgan fingerprint density at radius 1 is 1.08 bits per heavy atom. The van der Waals surface area contributed by atoms with Crippen LogP contribution < -0.4 is 10.6 Å². The Balaban J connectivity index is 1.65. The number of sulfone groups is 1. The van der Waals surface area contributed by atoms with Gasteiger partial charge in [0.2, 0.25) is 0 Å². The van der Waals surface area contributed by atoms with E-state index in [2.05, 4.69) is 22.8 Å². The monoisotopic (exact) mass is 344 g/mol. The smallest absolute Gasteiger partial charge is 0.251 e. The van der Waals surface area contributed by atoms with Crippen molar-refractivity contribution in [2.45, 2.75) is 31.5 Å². The number of carbonyl (C=O) groups is 1. The van der Waals surface area contributed by atoms with Crippen LogP contribution in [0, 0.1) is 0 Å². The minimum atomic E-state index is -3.24. The zero-order valence-electron chi connectivity index (χ0n) is 13.5. The average Bonchev–Trinajstić information content (AvgIpc) is 3.07.